The molecular weight excluding hydrogens is 244 g/mol. The Hall–Kier alpha value is -0.860. The Balaban J connectivity index is 2.60. The van der Waals surface area contributed by atoms with Crippen LogP contribution < -0.4 is 5.32 Å². The highest BCUT2D eigenvalue weighted by Gasteiger charge is 2.19. The number of benzene rings is 1. The molecule has 1 aromatic rings. The summed E-state index contributed by atoms with van der Waals surface area (Å²) in [5.74, 6) is 0. The molecule has 0 radical (unpaired) electrons. The fraction of sp³-hybridized carbons (Fsp3) is 0.667. The Bertz CT molecular complexity index is 349. The van der Waals surface area contributed by atoms with Gasteiger partial charge in [-0.25, -0.2) is 0 Å². The summed E-state index contributed by atoms with van der Waals surface area (Å²) in [7, 11) is 0. The molecule has 0 aliphatic heterocycles. The Labute approximate surface area is 125 Å². The van der Waals surface area contributed by atoms with Gasteiger partial charge >= 0.3 is 0 Å². The van der Waals surface area contributed by atoms with Crippen molar-refractivity contribution in [2.75, 3.05) is 26.2 Å². The first-order valence-corrected chi connectivity index (χ1v) is 7.97. The Morgan fingerprint density at radius 1 is 1.05 bits per heavy atom. The van der Waals surface area contributed by atoms with Crippen LogP contribution in [0.3, 0.4) is 0 Å². The number of rotatable bonds is 8. The second-order valence-electron chi connectivity index (χ2n) is 6.71. The first kappa shape index (κ1) is 17.2. The smallest absolute Gasteiger partial charge is 0.0325 e. The molecule has 0 aromatic heterocycles. The zero-order valence-corrected chi connectivity index (χ0v) is 13.9. The summed E-state index contributed by atoms with van der Waals surface area (Å²) in [5, 5.41) is 3.75. The topological polar surface area (TPSA) is 15.3 Å². The lowest BCUT2D eigenvalue weighted by Gasteiger charge is -2.28. The van der Waals surface area contributed by atoms with Crippen molar-refractivity contribution in [2.24, 2.45) is 5.41 Å². The zero-order valence-electron chi connectivity index (χ0n) is 13.9. The third kappa shape index (κ3) is 6.53. The number of hydrogen-bond donors (Lipinski definition) is 1. The summed E-state index contributed by atoms with van der Waals surface area (Å²) < 4.78 is 0. The van der Waals surface area contributed by atoms with Gasteiger partial charge in [-0.3, -0.25) is 0 Å². The second-order valence-corrected chi connectivity index (χ2v) is 6.71. The molecule has 0 fully saturated rings. The summed E-state index contributed by atoms with van der Waals surface area (Å²) in [6, 6.07) is 11.3. The van der Waals surface area contributed by atoms with E-state index in [1.165, 1.54) is 5.56 Å². The molecule has 1 unspecified atom stereocenters. The molecule has 114 valence electrons. The van der Waals surface area contributed by atoms with Crippen molar-refractivity contribution in [2.45, 2.75) is 47.1 Å². The highest BCUT2D eigenvalue weighted by Crippen LogP contribution is 2.29. The fourth-order valence-corrected chi connectivity index (χ4v) is 2.54. The van der Waals surface area contributed by atoms with E-state index >= 15 is 0 Å². The van der Waals surface area contributed by atoms with Crippen LogP contribution in [0.4, 0.5) is 0 Å². The molecule has 1 N–H and O–H groups in total. The lowest BCUT2D eigenvalue weighted by atomic mass is 9.85. The Morgan fingerprint density at radius 3 is 2.15 bits per heavy atom. The molecule has 1 aromatic carbocycles. The van der Waals surface area contributed by atoms with Crippen LogP contribution >= 0.6 is 0 Å². The van der Waals surface area contributed by atoms with Crippen molar-refractivity contribution in [3.05, 3.63) is 35.9 Å². The van der Waals surface area contributed by atoms with Crippen molar-refractivity contribution < 1.29 is 0 Å². The minimum absolute atomic E-state index is 0.336. The van der Waals surface area contributed by atoms with E-state index in [4.69, 9.17) is 0 Å². The normalized spacial score (nSPS) is 13.7. The molecule has 2 heteroatoms. The molecule has 0 amide bonds. The van der Waals surface area contributed by atoms with Gasteiger partial charge in [-0.15, -0.1) is 0 Å². The molecule has 0 bridgehead atoms. The summed E-state index contributed by atoms with van der Waals surface area (Å²) in [5.41, 5.74) is 1.74. The number of nitrogens with zero attached hydrogens (tertiary/aromatic N) is 1. The quantitative estimate of drug-likeness (QED) is 0.769. The molecule has 0 saturated heterocycles. The van der Waals surface area contributed by atoms with Gasteiger partial charge in [0.15, 0.2) is 0 Å². The number of likely N-dealkylation sites (N-methyl/N-ethyl adjacent to an activating group) is 1. The summed E-state index contributed by atoms with van der Waals surface area (Å²) in [6.07, 6.45) is 1.16. The van der Waals surface area contributed by atoms with Gasteiger partial charge in [-0.1, -0.05) is 65.0 Å². The standard InChI is InChI=1S/C18H32N2/c1-6-20(7-2)14-13-19-17(15-18(3,4)5)16-11-9-8-10-12-16/h8-12,17,19H,6-7,13-15H2,1-5H3. The van der Waals surface area contributed by atoms with E-state index in [9.17, 15) is 0 Å². The third-order valence-electron chi connectivity index (χ3n) is 3.73. The lowest BCUT2D eigenvalue weighted by molar-refractivity contribution is 0.273. The molecule has 0 spiro atoms. The van der Waals surface area contributed by atoms with Crippen LogP contribution in [0.5, 0.6) is 0 Å². The molecule has 0 heterocycles. The van der Waals surface area contributed by atoms with Crippen LogP contribution in [-0.2, 0) is 0 Å². The van der Waals surface area contributed by atoms with Crippen LogP contribution in [0.1, 0.15) is 52.6 Å². The lowest BCUT2D eigenvalue weighted by Crippen LogP contribution is -2.34. The van der Waals surface area contributed by atoms with Crippen molar-refractivity contribution >= 4 is 0 Å². The molecule has 1 atom stereocenters. The Kier molecular flexibility index (Phi) is 7.25. The maximum Gasteiger partial charge on any atom is 0.0325 e. The number of nitrogens with one attached hydrogen (secondary N) is 1. The SMILES string of the molecule is CCN(CC)CCNC(CC(C)(C)C)c1ccccc1. The van der Waals surface area contributed by atoms with Crippen LogP contribution in [0.15, 0.2) is 30.3 Å². The minimum Gasteiger partial charge on any atom is -0.309 e. The van der Waals surface area contributed by atoms with Crippen LogP contribution in [0, 0.1) is 5.41 Å². The predicted octanol–water partition coefficient (Wildman–Crippen LogP) is 4.10. The van der Waals surface area contributed by atoms with E-state index in [0.29, 0.717) is 11.5 Å². The number of hydrogen-bond acceptors (Lipinski definition) is 2. The van der Waals surface area contributed by atoms with E-state index in [1.54, 1.807) is 0 Å². The average molecular weight is 276 g/mol. The average Bonchev–Trinajstić information content (AvgIpc) is 2.42. The predicted molar refractivity (Wildman–Crippen MR) is 89.0 cm³/mol. The zero-order chi connectivity index (χ0) is 15.0. The van der Waals surface area contributed by atoms with E-state index in [1.807, 2.05) is 0 Å². The van der Waals surface area contributed by atoms with Gasteiger partial charge in [0.1, 0.15) is 0 Å². The first-order chi connectivity index (χ1) is 9.46. The van der Waals surface area contributed by atoms with Crippen LogP contribution in [0.25, 0.3) is 0 Å². The molecule has 0 aliphatic rings. The highest BCUT2D eigenvalue weighted by atomic mass is 15.1. The molecule has 0 saturated carbocycles. The van der Waals surface area contributed by atoms with Crippen LogP contribution in [0.2, 0.25) is 0 Å². The maximum absolute atomic E-state index is 3.75. The van der Waals surface area contributed by atoms with Gasteiger partial charge in [0.05, 0.1) is 0 Å². The molecule has 1 rings (SSSR count). The van der Waals surface area contributed by atoms with E-state index < -0.39 is 0 Å². The van der Waals surface area contributed by atoms with E-state index in [0.717, 1.165) is 32.6 Å². The van der Waals surface area contributed by atoms with Crippen LogP contribution in [-0.4, -0.2) is 31.1 Å². The largest absolute Gasteiger partial charge is 0.309 e. The van der Waals surface area contributed by atoms with Crippen molar-refractivity contribution in [3.8, 4) is 0 Å². The maximum atomic E-state index is 3.75. The minimum atomic E-state index is 0.336. The van der Waals surface area contributed by atoms with Gasteiger partial charge in [0.25, 0.3) is 0 Å². The molecular formula is C18H32N2. The molecule has 0 aliphatic carbocycles. The highest BCUT2D eigenvalue weighted by molar-refractivity contribution is 5.19. The van der Waals surface area contributed by atoms with Gasteiger partial charge in [-0.2, -0.15) is 0 Å². The summed E-state index contributed by atoms with van der Waals surface area (Å²) in [6.45, 7) is 15.8. The summed E-state index contributed by atoms with van der Waals surface area (Å²) in [4.78, 5) is 2.46. The fourth-order valence-electron chi connectivity index (χ4n) is 2.54. The van der Waals surface area contributed by atoms with Gasteiger partial charge in [-0.05, 0) is 30.5 Å². The van der Waals surface area contributed by atoms with Crippen molar-refractivity contribution in [1.82, 2.24) is 10.2 Å². The Morgan fingerprint density at radius 2 is 1.65 bits per heavy atom. The molecule has 2 nitrogen and oxygen atoms in total. The summed E-state index contributed by atoms with van der Waals surface area (Å²) >= 11 is 0. The van der Waals surface area contributed by atoms with E-state index in [-0.39, 0.29) is 0 Å². The molecule has 20 heavy (non-hydrogen) atoms. The first-order valence-electron chi connectivity index (χ1n) is 7.97. The van der Waals surface area contributed by atoms with Gasteiger partial charge in [0, 0.05) is 19.1 Å². The van der Waals surface area contributed by atoms with E-state index in [2.05, 4.69) is 75.2 Å². The second kappa shape index (κ2) is 8.43. The third-order valence-corrected chi connectivity index (χ3v) is 3.73. The van der Waals surface area contributed by atoms with Crippen molar-refractivity contribution in [3.63, 3.8) is 0 Å². The monoisotopic (exact) mass is 276 g/mol. The van der Waals surface area contributed by atoms with Gasteiger partial charge in [0.2, 0.25) is 0 Å². The van der Waals surface area contributed by atoms with Crippen molar-refractivity contribution in [1.29, 1.82) is 0 Å². The van der Waals surface area contributed by atoms with Gasteiger partial charge < -0.3 is 10.2 Å².